The van der Waals surface area contributed by atoms with Crippen molar-refractivity contribution in [1.82, 2.24) is 0 Å². The minimum absolute atomic E-state index is 0.482. The molecule has 0 rings (SSSR count). The Morgan fingerprint density at radius 2 is 1.83 bits per heavy atom. The zero-order valence-corrected chi connectivity index (χ0v) is 8.90. The van der Waals surface area contributed by atoms with E-state index in [1.807, 2.05) is 13.8 Å². The number of aliphatic carboxylic acids is 1. The summed E-state index contributed by atoms with van der Waals surface area (Å²) in [5, 5.41) is 8.68. The van der Waals surface area contributed by atoms with Crippen LogP contribution in [0, 0.1) is 0 Å². The predicted octanol–water partition coefficient (Wildman–Crippen LogP) is 0.755. The summed E-state index contributed by atoms with van der Waals surface area (Å²) in [6, 6.07) is 0. The van der Waals surface area contributed by atoms with E-state index < -0.39 is 20.8 Å². The van der Waals surface area contributed by atoms with E-state index >= 15 is 0 Å². The van der Waals surface area contributed by atoms with Crippen molar-refractivity contribution >= 4 is 15.3 Å². The minimum atomic E-state index is -1.99. The van der Waals surface area contributed by atoms with Crippen LogP contribution in [0.3, 0.4) is 0 Å². The third-order valence-corrected chi connectivity index (χ3v) is 3.89. The van der Waals surface area contributed by atoms with E-state index in [0.717, 1.165) is 0 Å². The maximum Gasteiger partial charge on any atom is 0.335 e. The smallest absolute Gasteiger partial charge is 0.335 e. The average molecular weight is 192 g/mol. The Labute approximate surface area is 74.3 Å². The zero-order chi connectivity index (χ0) is 9.56. The van der Waals surface area contributed by atoms with Crippen LogP contribution in [0.5, 0.6) is 0 Å². The van der Waals surface area contributed by atoms with E-state index in [0.29, 0.717) is 13.2 Å². The van der Waals surface area contributed by atoms with Gasteiger partial charge in [-0.15, -0.1) is 0 Å². The van der Waals surface area contributed by atoms with Crippen molar-refractivity contribution in [2.24, 2.45) is 0 Å². The molecule has 0 spiro atoms. The lowest BCUT2D eigenvalue weighted by Gasteiger charge is -2.17. The summed E-state index contributed by atoms with van der Waals surface area (Å²) >= 11 is 0. The van der Waals surface area contributed by atoms with Crippen LogP contribution < -0.4 is 0 Å². The molecule has 0 aromatic carbocycles. The molecule has 0 saturated carbocycles. The molecule has 4 nitrogen and oxygen atoms in total. The Kier molecular flexibility index (Phi) is 5.96. The molecule has 0 aromatic rings. The molecule has 5 heteroatoms. The SMILES string of the molecule is CCO[SiH](OCC)C(C)C(=O)O. The van der Waals surface area contributed by atoms with Crippen LogP contribution in [0.1, 0.15) is 20.8 Å². The molecule has 0 aliphatic rings. The second-order valence-electron chi connectivity index (χ2n) is 2.41. The third-order valence-electron chi connectivity index (χ3n) is 1.46. The Morgan fingerprint density at radius 3 is 2.08 bits per heavy atom. The molecule has 1 N–H and O–H groups in total. The van der Waals surface area contributed by atoms with E-state index in [2.05, 4.69) is 0 Å². The highest BCUT2D eigenvalue weighted by Gasteiger charge is 2.27. The molecule has 12 heavy (non-hydrogen) atoms. The summed E-state index contributed by atoms with van der Waals surface area (Å²) < 4.78 is 10.5. The Balaban J connectivity index is 3.98. The lowest BCUT2D eigenvalue weighted by atomic mass is 10.5. The highest BCUT2D eigenvalue weighted by molar-refractivity contribution is 6.51. The average Bonchev–Trinajstić information content (AvgIpc) is 2.03. The first-order valence-electron chi connectivity index (χ1n) is 4.09. The first kappa shape index (κ1) is 11.6. The summed E-state index contributed by atoms with van der Waals surface area (Å²) in [5.74, 6) is -0.839. The summed E-state index contributed by atoms with van der Waals surface area (Å²) in [7, 11) is -1.99. The van der Waals surface area contributed by atoms with Gasteiger partial charge in [-0.05, 0) is 13.8 Å². The van der Waals surface area contributed by atoms with Crippen LogP contribution in [0.4, 0.5) is 0 Å². The molecule has 0 aromatic heterocycles. The van der Waals surface area contributed by atoms with E-state index in [4.69, 9.17) is 14.0 Å². The molecule has 0 heterocycles. The summed E-state index contributed by atoms with van der Waals surface area (Å²) in [5.41, 5.74) is -0.482. The summed E-state index contributed by atoms with van der Waals surface area (Å²) in [4.78, 5) is 10.6. The Hall–Kier alpha value is -0.393. The second-order valence-corrected chi connectivity index (χ2v) is 4.81. The van der Waals surface area contributed by atoms with E-state index in [1.54, 1.807) is 6.92 Å². The van der Waals surface area contributed by atoms with Crippen molar-refractivity contribution in [3.8, 4) is 0 Å². The van der Waals surface area contributed by atoms with Gasteiger partial charge in [-0.25, -0.2) is 0 Å². The highest BCUT2D eigenvalue weighted by atomic mass is 28.3. The molecule has 0 aliphatic heterocycles. The molecule has 0 saturated heterocycles. The maximum atomic E-state index is 10.6. The second kappa shape index (κ2) is 6.16. The standard InChI is InChI=1S/C7H16O4Si/c1-4-10-12(11-5-2)6(3)7(8)9/h6,12H,4-5H2,1-3H3,(H,8,9). The van der Waals surface area contributed by atoms with Gasteiger partial charge in [0, 0.05) is 13.2 Å². The molecule has 0 aliphatic carbocycles. The van der Waals surface area contributed by atoms with E-state index in [-0.39, 0.29) is 0 Å². The van der Waals surface area contributed by atoms with Crippen LogP contribution in [0.15, 0.2) is 0 Å². The number of hydrogen-bond donors (Lipinski definition) is 1. The quantitative estimate of drug-likeness (QED) is 0.631. The zero-order valence-electron chi connectivity index (χ0n) is 7.74. The van der Waals surface area contributed by atoms with Gasteiger partial charge in [0.1, 0.15) is 0 Å². The van der Waals surface area contributed by atoms with Gasteiger partial charge in [-0.2, -0.15) is 0 Å². The molecule has 1 unspecified atom stereocenters. The minimum Gasteiger partial charge on any atom is -0.481 e. The lowest BCUT2D eigenvalue weighted by Crippen LogP contribution is -2.32. The maximum absolute atomic E-state index is 10.6. The normalized spacial score (nSPS) is 13.3. The first-order chi connectivity index (χ1) is 5.63. The van der Waals surface area contributed by atoms with Crippen molar-refractivity contribution < 1.29 is 18.8 Å². The van der Waals surface area contributed by atoms with Gasteiger partial charge < -0.3 is 14.0 Å². The van der Waals surface area contributed by atoms with Crippen LogP contribution in [-0.4, -0.2) is 33.6 Å². The molecule has 0 radical (unpaired) electrons. The molecular formula is C7H16O4Si. The Morgan fingerprint density at radius 1 is 1.42 bits per heavy atom. The predicted molar refractivity (Wildman–Crippen MR) is 47.5 cm³/mol. The van der Waals surface area contributed by atoms with Gasteiger partial charge in [0.05, 0.1) is 5.54 Å². The molecule has 72 valence electrons. The van der Waals surface area contributed by atoms with Crippen molar-refractivity contribution in [2.75, 3.05) is 13.2 Å². The number of hydrogen-bond acceptors (Lipinski definition) is 3. The van der Waals surface area contributed by atoms with Crippen LogP contribution >= 0.6 is 0 Å². The number of rotatable bonds is 6. The van der Waals surface area contributed by atoms with Gasteiger partial charge in [-0.1, -0.05) is 6.92 Å². The largest absolute Gasteiger partial charge is 0.481 e. The fourth-order valence-corrected chi connectivity index (χ4v) is 2.35. The van der Waals surface area contributed by atoms with Gasteiger partial charge in [-0.3, -0.25) is 4.79 Å². The summed E-state index contributed by atoms with van der Waals surface area (Å²) in [6.45, 7) is 6.36. The highest BCUT2D eigenvalue weighted by Crippen LogP contribution is 2.11. The van der Waals surface area contributed by atoms with E-state index in [1.165, 1.54) is 0 Å². The van der Waals surface area contributed by atoms with Crippen molar-refractivity contribution in [2.45, 2.75) is 26.3 Å². The molecule has 0 bridgehead atoms. The number of carbonyl (C=O) groups is 1. The fourth-order valence-electron chi connectivity index (χ4n) is 0.782. The molecule has 0 fully saturated rings. The molecule has 1 atom stereocenters. The van der Waals surface area contributed by atoms with Crippen molar-refractivity contribution in [3.63, 3.8) is 0 Å². The van der Waals surface area contributed by atoms with Crippen molar-refractivity contribution in [3.05, 3.63) is 0 Å². The topological polar surface area (TPSA) is 55.8 Å². The summed E-state index contributed by atoms with van der Waals surface area (Å²) in [6.07, 6.45) is 0. The third kappa shape index (κ3) is 3.84. The van der Waals surface area contributed by atoms with Gasteiger partial charge in [0.15, 0.2) is 0 Å². The van der Waals surface area contributed by atoms with Gasteiger partial charge in [0.25, 0.3) is 0 Å². The van der Waals surface area contributed by atoms with E-state index in [9.17, 15) is 4.79 Å². The first-order valence-corrected chi connectivity index (χ1v) is 5.70. The van der Waals surface area contributed by atoms with Gasteiger partial charge >= 0.3 is 15.3 Å². The van der Waals surface area contributed by atoms with Crippen LogP contribution in [0.2, 0.25) is 5.54 Å². The monoisotopic (exact) mass is 192 g/mol. The lowest BCUT2D eigenvalue weighted by molar-refractivity contribution is -0.137. The van der Waals surface area contributed by atoms with Crippen molar-refractivity contribution in [1.29, 1.82) is 0 Å². The molecule has 0 amide bonds. The van der Waals surface area contributed by atoms with Gasteiger partial charge in [0.2, 0.25) is 0 Å². The molecular weight excluding hydrogens is 176 g/mol. The van der Waals surface area contributed by atoms with Crippen LogP contribution in [0.25, 0.3) is 0 Å². The number of carboxylic acid groups (broad SMARTS) is 1. The fraction of sp³-hybridized carbons (Fsp3) is 0.857. The van der Waals surface area contributed by atoms with Crippen LogP contribution in [-0.2, 0) is 13.6 Å². The Bertz CT molecular complexity index is 133. The number of carboxylic acids is 1.